The summed E-state index contributed by atoms with van der Waals surface area (Å²) in [7, 11) is 0. The normalized spacial score (nSPS) is 11.2. The van der Waals surface area contributed by atoms with Gasteiger partial charge in [-0.1, -0.05) is 97.1 Å². The summed E-state index contributed by atoms with van der Waals surface area (Å²) in [5.41, 5.74) is 5.78. The average molecular weight is 631 g/mol. The molecule has 0 radical (unpaired) electrons. The molecule has 3 aromatic heterocycles. The summed E-state index contributed by atoms with van der Waals surface area (Å²) in [6.07, 6.45) is 0. The van der Waals surface area contributed by atoms with Gasteiger partial charge < -0.3 is 54.7 Å². The van der Waals surface area contributed by atoms with E-state index in [2.05, 4.69) is 0 Å². The first-order valence-electron chi connectivity index (χ1n) is 12.9. The summed E-state index contributed by atoms with van der Waals surface area (Å²) in [5, 5.41) is 3.57. The van der Waals surface area contributed by atoms with Gasteiger partial charge in [0, 0.05) is 44.8 Å². The fourth-order valence-corrected chi connectivity index (χ4v) is 5.46. The topological polar surface area (TPSA) is 106 Å². The molecule has 8 nitrogen and oxygen atoms in total. The maximum Gasteiger partial charge on any atom is 4.00 e. The van der Waals surface area contributed by atoms with Gasteiger partial charge >= 0.3 is 21.7 Å². The van der Waals surface area contributed by atoms with E-state index in [1.165, 1.54) is 0 Å². The van der Waals surface area contributed by atoms with Crippen molar-refractivity contribution in [3.63, 3.8) is 0 Å². The number of nitrogens with zero attached hydrogens (tertiary/aromatic N) is 8. The summed E-state index contributed by atoms with van der Waals surface area (Å²) >= 11 is 0. The Balaban J connectivity index is 0.00000110. The standard InChI is InChI=1S/C32H16N8.2ClH.Ti/c1-2-10-18-17(9-1)25-33-26(18)38-28-21-13-5-6-14-22(21)30(35-28)40-32-24-16-8-7-15-23(24)31(36-32)39-29-20-12-4-3-11-19(20)27(34-29)37-25;;;/h1-16H;2*1H;/q-2;;;+4/p-2. The second-order valence-electron chi connectivity index (χ2n) is 9.67. The third kappa shape index (κ3) is 4.42. The molecule has 5 heterocycles. The van der Waals surface area contributed by atoms with Crippen LogP contribution in [0.2, 0.25) is 0 Å². The first-order chi connectivity index (χ1) is 19.8. The van der Waals surface area contributed by atoms with Gasteiger partial charge in [0.1, 0.15) is 0 Å². The molecule has 202 valence electrons. The fourth-order valence-electron chi connectivity index (χ4n) is 5.46. The van der Waals surface area contributed by atoms with E-state index in [0.717, 1.165) is 43.8 Å². The van der Waals surface area contributed by atoms with Crippen molar-refractivity contribution in [2.24, 2.45) is 0 Å². The fraction of sp³-hybridized carbons (Fsp3) is 0. The minimum Gasteiger partial charge on any atom is -1.00 e. The van der Waals surface area contributed by atoms with Crippen LogP contribution in [0.1, 0.15) is 0 Å². The Morgan fingerprint density at radius 1 is 0.326 bits per heavy atom. The molecule has 0 atom stereocenters. The summed E-state index contributed by atoms with van der Waals surface area (Å²) in [6, 6.07) is 31.8. The molecule has 2 aliphatic rings. The first kappa shape index (κ1) is 28.6. The minimum absolute atomic E-state index is 0. The Hall–Kier alpha value is -4.47. The molecule has 7 aromatic rings. The molecule has 43 heavy (non-hydrogen) atoms. The predicted molar refractivity (Wildman–Crippen MR) is 154 cm³/mol. The molecule has 0 fully saturated rings. The van der Waals surface area contributed by atoms with Crippen LogP contribution >= 0.6 is 0 Å². The zero-order valence-electron chi connectivity index (χ0n) is 22.1. The smallest absolute Gasteiger partial charge is 1.00 e. The van der Waals surface area contributed by atoms with Gasteiger partial charge in [0.15, 0.2) is 0 Å². The van der Waals surface area contributed by atoms with Crippen LogP contribution in [-0.2, 0) is 21.7 Å². The van der Waals surface area contributed by atoms with Gasteiger partial charge in [0.05, 0.1) is 23.3 Å². The van der Waals surface area contributed by atoms with Crippen LogP contribution in [-0.4, -0.2) is 29.9 Å². The van der Waals surface area contributed by atoms with E-state index >= 15 is 0 Å². The molecule has 0 aliphatic carbocycles. The molecule has 2 aliphatic heterocycles. The van der Waals surface area contributed by atoms with Gasteiger partial charge in [0.2, 0.25) is 0 Å². The molecule has 0 saturated carbocycles. The van der Waals surface area contributed by atoms with Gasteiger partial charge in [-0.3, -0.25) is 0 Å². The zero-order chi connectivity index (χ0) is 26.2. The Morgan fingerprint density at radius 3 is 0.814 bits per heavy atom. The molecule has 4 aromatic carbocycles. The van der Waals surface area contributed by atoms with Crippen molar-refractivity contribution in [3.8, 4) is 45.6 Å². The SMILES string of the molecule is [Cl-].[Cl-].[Ti+4].c1ccc2c(c1)-c1nc-2nc2[n-]c(nc3nc(nc4[n-]c(n1)c1ccccc41)-c1ccccc1-3)c1ccccc21. The third-order valence-corrected chi connectivity index (χ3v) is 7.33. The van der Waals surface area contributed by atoms with Crippen molar-refractivity contribution in [2.45, 2.75) is 0 Å². The van der Waals surface area contributed by atoms with Crippen molar-refractivity contribution in [1.29, 1.82) is 0 Å². The van der Waals surface area contributed by atoms with Gasteiger partial charge in [-0.25, -0.2) is 9.97 Å². The Labute approximate surface area is 271 Å². The Kier molecular flexibility index (Phi) is 7.32. The number of hydrogen-bond donors (Lipinski definition) is 0. The first-order valence-corrected chi connectivity index (χ1v) is 12.9. The van der Waals surface area contributed by atoms with Crippen molar-refractivity contribution >= 4 is 44.1 Å². The van der Waals surface area contributed by atoms with Crippen LogP contribution < -0.4 is 34.8 Å². The maximum absolute atomic E-state index is 4.95. The number of hydrogen-bond acceptors (Lipinski definition) is 6. The Bertz CT molecular complexity index is 2050. The number of aromatic nitrogens is 8. The van der Waals surface area contributed by atoms with Gasteiger partial charge in [-0.2, -0.15) is 0 Å². The van der Waals surface area contributed by atoms with E-state index in [4.69, 9.17) is 39.9 Å². The van der Waals surface area contributed by atoms with Crippen molar-refractivity contribution < 1.29 is 46.5 Å². The predicted octanol–water partition coefficient (Wildman–Crippen LogP) is 0.133. The van der Waals surface area contributed by atoms with Crippen molar-refractivity contribution in [2.75, 3.05) is 0 Å². The summed E-state index contributed by atoms with van der Waals surface area (Å²) < 4.78 is 0. The van der Waals surface area contributed by atoms with Gasteiger partial charge in [0.25, 0.3) is 0 Å². The molecule has 9 rings (SSSR count). The van der Waals surface area contributed by atoms with E-state index in [0.29, 0.717) is 45.9 Å². The minimum atomic E-state index is 0. The molecule has 8 bridgehead atoms. The largest absolute Gasteiger partial charge is 4.00 e. The number of rotatable bonds is 0. The molecule has 0 N–H and O–H groups in total. The van der Waals surface area contributed by atoms with Crippen molar-refractivity contribution in [3.05, 3.63) is 97.1 Å². The quantitative estimate of drug-likeness (QED) is 0.218. The number of fused-ring (bicyclic) bond motifs is 20. The van der Waals surface area contributed by atoms with Crippen LogP contribution in [0, 0.1) is 0 Å². The van der Waals surface area contributed by atoms with E-state index in [-0.39, 0.29) is 46.5 Å². The third-order valence-electron chi connectivity index (χ3n) is 7.33. The summed E-state index contributed by atoms with van der Waals surface area (Å²) in [5.74, 6) is 2.21. The zero-order valence-corrected chi connectivity index (χ0v) is 25.1. The van der Waals surface area contributed by atoms with E-state index in [1.807, 2.05) is 97.1 Å². The van der Waals surface area contributed by atoms with Crippen LogP contribution in [0.4, 0.5) is 0 Å². The van der Waals surface area contributed by atoms with E-state index in [1.54, 1.807) is 0 Å². The molecular formula is C32H16Cl2N8Ti. The average Bonchev–Trinajstić information content (AvgIpc) is 3.73. The van der Waals surface area contributed by atoms with Gasteiger partial charge in [-0.05, 0) is 21.5 Å². The monoisotopic (exact) mass is 630 g/mol. The van der Waals surface area contributed by atoms with Crippen LogP contribution in [0.5, 0.6) is 0 Å². The molecule has 0 spiro atoms. The van der Waals surface area contributed by atoms with Crippen molar-refractivity contribution in [1.82, 2.24) is 39.9 Å². The molecule has 11 heteroatoms. The second kappa shape index (κ2) is 11.0. The summed E-state index contributed by atoms with van der Waals surface area (Å²) in [4.78, 5) is 39.3. The second-order valence-corrected chi connectivity index (χ2v) is 9.67. The molecule has 0 amide bonds. The van der Waals surface area contributed by atoms with Crippen LogP contribution in [0.15, 0.2) is 97.1 Å². The number of benzene rings is 4. The molecule has 0 unspecified atom stereocenters. The number of halogens is 2. The maximum atomic E-state index is 4.95. The van der Waals surface area contributed by atoms with E-state index < -0.39 is 0 Å². The van der Waals surface area contributed by atoms with Crippen LogP contribution in [0.3, 0.4) is 0 Å². The Morgan fingerprint density at radius 2 is 0.558 bits per heavy atom. The van der Waals surface area contributed by atoms with Gasteiger partial charge in [-0.15, -0.1) is 0 Å². The summed E-state index contributed by atoms with van der Waals surface area (Å²) in [6.45, 7) is 0. The van der Waals surface area contributed by atoms with Crippen LogP contribution in [0.25, 0.3) is 89.7 Å². The molecule has 0 saturated heterocycles. The molecular weight excluding hydrogens is 615 g/mol. The van der Waals surface area contributed by atoms with E-state index in [9.17, 15) is 0 Å².